The highest BCUT2D eigenvalue weighted by Gasteiger charge is 2.09. The molecule has 3 aromatic carbocycles. The first-order valence-electron chi connectivity index (χ1n) is 8.38. The third-order valence-corrected chi connectivity index (χ3v) is 5.78. The third-order valence-electron chi connectivity index (χ3n) is 3.82. The number of hydrazone groups is 1. The summed E-state index contributed by atoms with van der Waals surface area (Å²) in [7, 11) is 0. The Morgan fingerprint density at radius 3 is 2.14 bits per heavy atom. The molecule has 0 heterocycles. The zero-order valence-electron chi connectivity index (χ0n) is 14.6. The van der Waals surface area contributed by atoms with E-state index in [4.69, 9.17) is 16.3 Å². The van der Waals surface area contributed by atoms with Crippen molar-refractivity contribution in [2.45, 2.75) is 13.2 Å². The molecule has 0 bridgehead atoms. The fourth-order valence-corrected chi connectivity index (χ4v) is 4.23. The molecular formula is C21H16Br3ClN2O. The van der Waals surface area contributed by atoms with Crippen LogP contribution in [0.1, 0.15) is 16.7 Å². The molecule has 0 amide bonds. The normalized spacial score (nSPS) is 11.0. The Balaban J connectivity index is 1.59. The van der Waals surface area contributed by atoms with Gasteiger partial charge in [-0.1, -0.05) is 51.8 Å². The standard InChI is InChI=1S/C21H16Br3ClN2O/c22-17-5-1-15(2-6-17)13-28-21-19(23)9-16(10-20(21)24)12-27-26-11-14-3-7-18(25)8-4-14/h1-10,12,26H,11,13H2/b27-12-. The molecule has 0 atom stereocenters. The predicted molar refractivity (Wildman–Crippen MR) is 126 cm³/mol. The molecular weight excluding hydrogens is 571 g/mol. The van der Waals surface area contributed by atoms with Crippen LogP contribution in [-0.4, -0.2) is 6.21 Å². The quantitative estimate of drug-likeness (QED) is 0.232. The van der Waals surface area contributed by atoms with Gasteiger partial charge in [0.05, 0.1) is 21.7 Å². The van der Waals surface area contributed by atoms with Crippen molar-refractivity contribution in [3.63, 3.8) is 0 Å². The number of benzene rings is 3. The van der Waals surface area contributed by atoms with Crippen molar-refractivity contribution >= 4 is 65.6 Å². The van der Waals surface area contributed by atoms with Crippen LogP contribution in [0.5, 0.6) is 5.75 Å². The van der Waals surface area contributed by atoms with Gasteiger partial charge in [0, 0.05) is 9.50 Å². The van der Waals surface area contributed by atoms with Crippen LogP contribution in [0.15, 0.2) is 79.2 Å². The second-order valence-electron chi connectivity index (χ2n) is 5.95. The van der Waals surface area contributed by atoms with E-state index >= 15 is 0 Å². The van der Waals surface area contributed by atoms with Crippen LogP contribution >= 0.6 is 59.4 Å². The average Bonchev–Trinajstić information content (AvgIpc) is 2.67. The molecule has 0 saturated carbocycles. The fraction of sp³-hybridized carbons (Fsp3) is 0.0952. The monoisotopic (exact) mass is 584 g/mol. The van der Waals surface area contributed by atoms with Crippen LogP contribution in [0.25, 0.3) is 0 Å². The van der Waals surface area contributed by atoms with Crippen LogP contribution in [0.4, 0.5) is 0 Å². The van der Waals surface area contributed by atoms with E-state index in [1.54, 1.807) is 6.21 Å². The van der Waals surface area contributed by atoms with Gasteiger partial charge < -0.3 is 10.2 Å². The summed E-state index contributed by atoms with van der Waals surface area (Å²) in [6.07, 6.45) is 1.77. The van der Waals surface area contributed by atoms with Gasteiger partial charge in [-0.25, -0.2) is 0 Å². The van der Waals surface area contributed by atoms with Crippen LogP contribution in [-0.2, 0) is 13.2 Å². The van der Waals surface area contributed by atoms with E-state index < -0.39 is 0 Å². The Hall–Kier alpha value is -1.34. The van der Waals surface area contributed by atoms with Crippen LogP contribution < -0.4 is 10.2 Å². The van der Waals surface area contributed by atoms with Gasteiger partial charge in [-0.2, -0.15) is 5.10 Å². The lowest BCUT2D eigenvalue weighted by atomic mass is 10.2. The summed E-state index contributed by atoms with van der Waals surface area (Å²) >= 11 is 16.5. The molecule has 0 aliphatic heterocycles. The Kier molecular flexibility index (Phi) is 7.97. The zero-order chi connectivity index (χ0) is 19.9. The maximum atomic E-state index is 5.96. The highest BCUT2D eigenvalue weighted by molar-refractivity contribution is 9.11. The van der Waals surface area contributed by atoms with Crippen molar-refractivity contribution < 1.29 is 4.74 Å². The minimum Gasteiger partial charge on any atom is -0.487 e. The molecule has 0 spiro atoms. The number of hydrogen-bond acceptors (Lipinski definition) is 3. The van der Waals surface area contributed by atoms with Crippen molar-refractivity contribution in [1.29, 1.82) is 0 Å². The summed E-state index contributed by atoms with van der Waals surface area (Å²) in [6, 6.07) is 19.7. The van der Waals surface area contributed by atoms with Gasteiger partial charge in [0.25, 0.3) is 0 Å². The minimum atomic E-state index is 0.487. The van der Waals surface area contributed by atoms with Crippen LogP contribution in [0.3, 0.4) is 0 Å². The van der Waals surface area contributed by atoms with E-state index in [-0.39, 0.29) is 0 Å². The summed E-state index contributed by atoms with van der Waals surface area (Å²) in [5.74, 6) is 0.759. The molecule has 0 fully saturated rings. The van der Waals surface area contributed by atoms with Gasteiger partial charge in [-0.15, -0.1) is 0 Å². The molecule has 7 heteroatoms. The predicted octanol–water partition coefficient (Wildman–Crippen LogP) is 7.33. The molecule has 28 heavy (non-hydrogen) atoms. The average molecular weight is 588 g/mol. The molecule has 3 aromatic rings. The Morgan fingerprint density at radius 1 is 0.893 bits per heavy atom. The molecule has 0 aromatic heterocycles. The SMILES string of the molecule is Clc1ccc(CN/N=C\c2cc(Br)c(OCc3ccc(Br)cc3)c(Br)c2)cc1. The van der Waals surface area contributed by atoms with Crippen LogP contribution in [0.2, 0.25) is 5.02 Å². The number of nitrogens with one attached hydrogen (secondary N) is 1. The largest absolute Gasteiger partial charge is 0.487 e. The first kappa shape index (κ1) is 21.4. The van der Waals surface area contributed by atoms with Gasteiger partial charge in [-0.3, -0.25) is 0 Å². The Morgan fingerprint density at radius 2 is 1.50 bits per heavy atom. The van der Waals surface area contributed by atoms with Gasteiger partial charge in [0.1, 0.15) is 12.4 Å². The molecule has 3 rings (SSSR count). The number of rotatable bonds is 7. The van der Waals surface area contributed by atoms with Crippen molar-refractivity contribution in [1.82, 2.24) is 5.43 Å². The lowest BCUT2D eigenvalue weighted by Gasteiger charge is -2.11. The van der Waals surface area contributed by atoms with Gasteiger partial charge >= 0.3 is 0 Å². The summed E-state index contributed by atoms with van der Waals surface area (Å²) < 4.78 is 8.73. The molecule has 0 aliphatic carbocycles. The fourth-order valence-electron chi connectivity index (χ4n) is 2.39. The van der Waals surface area contributed by atoms with Gasteiger partial charge in [0.2, 0.25) is 0 Å². The number of hydrogen-bond donors (Lipinski definition) is 1. The maximum Gasteiger partial charge on any atom is 0.148 e. The van der Waals surface area contributed by atoms with E-state index in [1.165, 1.54) is 0 Å². The molecule has 1 N–H and O–H groups in total. The van der Waals surface area contributed by atoms with Crippen molar-refractivity contribution in [3.05, 3.63) is 95.8 Å². The summed E-state index contributed by atoms with van der Waals surface area (Å²) in [6.45, 7) is 1.12. The van der Waals surface area contributed by atoms with Crippen molar-refractivity contribution in [2.24, 2.45) is 5.10 Å². The van der Waals surface area contributed by atoms with Crippen LogP contribution in [0, 0.1) is 0 Å². The molecule has 144 valence electrons. The molecule has 0 unspecified atom stereocenters. The zero-order valence-corrected chi connectivity index (χ0v) is 20.1. The lowest BCUT2D eigenvalue weighted by molar-refractivity contribution is 0.302. The Labute approximate surface area is 194 Å². The molecule has 3 nitrogen and oxygen atoms in total. The molecule has 0 saturated heterocycles. The van der Waals surface area contributed by atoms with Crippen molar-refractivity contribution in [3.8, 4) is 5.75 Å². The third kappa shape index (κ3) is 6.34. The second kappa shape index (κ2) is 10.4. The number of nitrogens with zero attached hydrogens (tertiary/aromatic N) is 1. The van der Waals surface area contributed by atoms with E-state index in [0.717, 1.165) is 40.9 Å². The van der Waals surface area contributed by atoms with E-state index in [9.17, 15) is 0 Å². The first-order chi connectivity index (χ1) is 13.5. The molecule has 0 aliphatic rings. The van der Waals surface area contributed by atoms with Gasteiger partial charge in [-0.05, 0) is 84.9 Å². The first-order valence-corrected chi connectivity index (χ1v) is 11.1. The summed E-state index contributed by atoms with van der Waals surface area (Å²) in [4.78, 5) is 0. The van der Waals surface area contributed by atoms with Crippen molar-refractivity contribution in [2.75, 3.05) is 0 Å². The number of halogens is 4. The van der Waals surface area contributed by atoms with E-state index in [0.29, 0.717) is 13.2 Å². The summed E-state index contributed by atoms with van der Waals surface area (Å²) in [5.41, 5.74) is 6.19. The maximum absolute atomic E-state index is 5.96. The topological polar surface area (TPSA) is 33.6 Å². The summed E-state index contributed by atoms with van der Waals surface area (Å²) in [5, 5.41) is 5.00. The van der Waals surface area contributed by atoms with Gasteiger partial charge in [0.15, 0.2) is 0 Å². The highest BCUT2D eigenvalue weighted by Crippen LogP contribution is 2.35. The van der Waals surface area contributed by atoms with E-state index in [2.05, 4.69) is 58.3 Å². The van der Waals surface area contributed by atoms with E-state index in [1.807, 2.05) is 60.7 Å². The minimum absolute atomic E-state index is 0.487. The Bertz CT molecular complexity index is 937. The smallest absolute Gasteiger partial charge is 0.148 e. The molecule has 0 radical (unpaired) electrons. The second-order valence-corrected chi connectivity index (χ2v) is 9.01. The lowest BCUT2D eigenvalue weighted by Crippen LogP contribution is -2.05. The number of ether oxygens (including phenoxy) is 1. The highest BCUT2D eigenvalue weighted by atomic mass is 79.9.